The topological polar surface area (TPSA) is 20.3 Å². The van der Waals surface area contributed by atoms with Gasteiger partial charge >= 0.3 is 0 Å². The molecule has 0 radical (unpaired) electrons. The molecule has 0 unspecified atom stereocenters. The number of hydrogen-bond donors (Lipinski definition) is 0. The van der Waals surface area contributed by atoms with Crippen LogP contribution in [0.15, 0.2) is 90.5 Å². The van der Waals surface area contributed by atoms with Gasteiger partial charge in [-0.15, -0.1) is 0 Å². The fourth-order valence-corrected chi connectivity index (χ4v) is 3.28. The minimum absolute atomic E-state index is 0.0777. The summed E-state index contributed by atoms with van der Waals surface area (Å²) in [5.41, 5.74) is 4.09. The van der Waals surface area contributed by atoms with E-state index in [0.29, 0.717) is 15.6 Å². The minimum Gasteiger partial charge on any atom is -0.276 e. The first-order valence-corrected chi connectivity index (χ1v) is 9.22. The molecule has 0 atom stereocenters. The van der Waals surface area contributed by atoms with Crippen molar-refractivity contribution in [2.75, 3.05) is 4.90 Å². The van der Waals surface area contributed by atoms with E-state index in [2.05, 4.69) is 0 Å². The first-order chi connectivity index (χ1) is 13.1. The summed E-state index contributed by atoms with van der Waals surface area (Å²) in [5, 5.41) is 1.28. The Labute approximate surface area is 168 Å². The van der Waals surface area contributed by atoms with Gasteiger partial charge in [0.25, 0.3) is 5.91 Å². The van der Waals surface area contributed by atoms with Gasteiger partial charge < -0.3 is 0 Å². The van der Waals surface area contributed by atoms with E-state index in [1.54, 1.807) is 17.0 Å². The number of hydrogen-bond acceptors (Lipinski definition) is 1. The Kier molecular flexibility index (Phi) is 4.85. The molecule has 1 aliphatic heterocycles. The van der Waals surface area contributed by atoms with Crippen LogP contribution in [0.1, 0.15) is 11.1 Å². The van der Waals surface area contributed by atoms with Crippen molar-refractivity contribution < 1.29 is 4.79 Å². The van der Waals surface area contributed by atoms with Crippen LogP contribution in [0.25, 0.3) is 11.8 Å². The highest BCUT2D eigenvalue weighted by Crippen LogP contribution is 2.36. The lowest BCUT2D eigenvalue weighted by Gasteiger charge is -2.21. The monoisotopic (exact) mass is 391 g/mol. The lowest BCUT2D eigenvalue weighted by molar-refractivity contribution is -0.113. The van der Waals surface area contributed by atoms with Crippen LogP contribution in [0.4, 0.5) is 5.69 Å². The number of halogens is 2. The third kappa shape index (κ3) is 3.68. The molecular weight excluding hydrogens is 377 g/mol. The van der Waals surface area contributed by atoms with Crippen molar-refractivity contribution >= 4 is 46.6 Å². The van der Waals surface area contributed by atoms with Crippen molar-refractivity contribution in [3.05, 3.63) is 112 Å². The van der Waals surface area contributed by atoms with Crippen LogP contribution >= 0.6 is 23.2 Å². The number of anilines is 1. The zero-order chi connectivity index (χ0) is 18.8. The Morgan fingerprint density at radius 1 is 0.741 bits per heavy atom. The zero-order valence-corrected chi connectivity index (χ0v) is 15.8. The van der Waals surface area contributed by atoms with Crippen molar-refractivity contribution in [1.82, 2.24) is 0 Å². The predicted molar refractivity (Wildman–Crippen MR) is 113 cm³/mol. The molecule has 0 aromatic heterocycles. The van der Waals surface area contributed by atoms with Crippen molar-refractivity contribution in [2.45, 2.75) is 0 Å². The average Bonchev–Trinajstić information content (AvgIpc) is 3.00. The molecule has 1 amide bonds. The van der Waals surface area contributed by atoms with E-state index in [1.807, 2.05) is 78.9 Å². The second kappa shape index (κ2) is 7.43. The SMILES string of the molecule is O=C1/C(=C/c2ccccc2)C=C(c2ccc(Cl)cc2)N1c1ccc(Cl)cc1. The van der Waals surface area contributed by atoms with Gasteiger partial charge in [0.05, 0.1) is 5.70 Å². The molecule has 0 saturated heterocycles. The molecule has 0 spiro atoms. The maximum Gasteiger partial charge on any atom is 0.262 e. The summed E-state index contributed by atoms with van der Waals surface area (Å²) in [7, 11) is 0. The standard InChI is InChI=1S/C23H15Cl2NO/c24-19-8-6-17(7-9-19)22-15-18(14-16-4-2-1-3-5-16)23(27)26(22)21-12-10-20(25)11-13-21/h1-15H/b18-14+. The number of nitrogens with zero attached hydrogens (tertiary/aromatic N) is 1. The Hall–Kier alpha value is -2.81. The highest BCUT2D eigenvalue weighted by molar-refractivity contribution is 6.31. The third-order valence-electron chi connectivity index (χ3n) is 4.33. The van der Waals surface area contributed by atoms with E-state index in [-0.39, 0.29) is 5.91 Å². The molecule has 1 aliphatic rings. The number of benzene rings is 3. The highest BCUT2D eigenvalue weighted by Gasteiger charge is 2.30. The molecule has 132 valence electrons. The van der Waals surface area contributed by atoms with Gasteiger partial charge in [-0.25, -0.2) is 0 Å². The summed E-state index contributed by atoms with van der Waals surface area (Å²) in [6.45, 7) is 0. The van der Waals surface area contributed by atoms with E-state index in [4.69, 9.17) is 23.2 Å². The van der Waals surface area contributed by atoms with E-state index in [0.717, 1.165) is 22.5 Å². The Morgan fingerprint density at radius 2 is 1.33 bits per heavy atom. The molecule has 0 fully saturated rings. The van der Waals surface area contributed by atoms with Crippen molar-refractivity contribution in [1.29, 1.82) is 0 Å². The van der Waals surface area contributed by atoms with Gasteiger partial charge in [0.2, 0.25) is 0 Å². The van der Waals surface area contributed by atoms with Crippen LogP contribution in [0.2, 0.25) is 10.0 Å². The molecule has 4 heteroatoms. The van der Waals surface area contributed by atoms with Crippen LogP contribution in [0.5, 0.6) is 0 Å². The summed E-state index contributed by atoms with van der Waals surface area (Å²) in [6.07, 6.45) is 3.81. The second-order valence-corrected chi connectivity index (χ2v) is 7.04. The quantitative estimate of drug-likeness (QED) is 0.468. The van der Waals surface area contributed by atoms with Gasteiger partial charge in [-0.3, -0.25) is 9.69 Å². The molecule has 2 nitrogen and oxygen atoms in total. The van der Waals surface area contributed by atoms with Crippen molar-refractivity contribution in [2.24, 2.45) is 0 Å². The number of rotatable bonds is 3. The maximum absolute atomic E-state index is 13.2. The van der Waals surface area contributed by atoms with Gasteiger partial charge in [-0.1, -0.05) is 65.7 Å². The molecule has 0 bridgehead atoms. The van der Waals surface area contributed by atoms with Gasteiger partial charge in [-0.2, -0.15) is 0 Å². The minimum atomic E-state index is -0.0777. The molecular formula is C23H15Cl2NO. The second-order valence-electron chi connectivity index (χ2n) is 6.16. The third-order valence-corrected chi connectivity index (χ3v) is 4.83. The Balaban J connectivity index is 1.82. The van der Waals surface area contributed by atoms with Gasteiger partial charge in [0.1, 0.15) is 0 Å². The average molecular weight is 392 g/mol. The van der Waals surface area contributed by atoms with Crippen LogP contribution < -0.4 is 4.90 Å². The molecule has 27 heavy (non-hydrogen) atoms. The van der Waals surface area contributed by atoms with E-state index in [1.165, 1.54) is 0 Å². The lowest BCUT2D eigenvalue weighted by atomic mass is 10.1. The van der Waals surface area contributed by atoms with Gasteiger partial charge in [0.15, 0.2) is 0 Å². The molecule has 3 aromatic carbocycles. The normalized spacial score (nSPS) is 15.3. The lowest BCUT2D eigenvalue weighted by Crippen LogP contribution is -2.24. The predicted octanol–water partition coefficient (Wildman–Crippen LogP) is 6.46. The number of carbonyl (C=O) groups excluding carboxylic acids is 1. The zero-order valence-electron chi connectivity index (χ0n) is 14.3. The van der Waals surface area contributed by atoms with Crippen LogP contribution in [-0.2, 0) is 4.79 Å². The van der Waals surface area contributed by atoms with E-state index < -0.39 is 0 Å². The van der Waals surface area contributed by atoms with E-state index >= 15 is 0 Å². The van der Waals surface area contributed by atoms with Crippen LogP contribution in [0, 0.1) is 0 Å². The summed E-state index contributed by atoms with van der Waals surface area (Å²) in [5.74, 6) is -0.0777. The molecule has 1 heterocycles. The van der Waals surface area contributed by atoms with Crippen LogP contribution in [0.3, 0.4) is 0 Å². The maximum atomic E-state index is 13.2. The number of amides is 1. The Morgan fingerprint density at radius 3 is 1.96 bits per heavy atom. The summed E-state index contributed by atoms with van der Waals surface area (Å²) < 4.78 is 0. The molecule has 0 aliphatic carbocycles. The van der Waals surface area contributed by atoms with Crippen molar-refractivity contribution in [3.63, 3.8) is 0 Å². The summed E-state index contributed by atoms with van der Waals surface area (Å²) >= 11 is 12.0. The highest BCUT2D eigenvalue weighted by atomic mass is 35.5. The summed E-state index contributed by atoms with van der Waals surface area (Å²) in [6, 6.07) is 24.5. The fourth-order valence-electron chi connectivity index (χ4n) is 3.02. The summed E-state index contributed by atoms with van der Waals surface area (Å²) in [4.78, 5) is 14.9. The van der Waals surface area contributed by atoms with Gasteiger partial charge in [0, 0.05) is 21.3 Å². The Bertz CT molecular complexity index is 1040. The first kappa shape index (κ1) is 17.6. The number of carbonyl (C=O) groups is 1. The van der Waals surface area contributed by atoms with Gasteiger partial charge in [-0.05, 0) is 59.7 Å². The smallest absolute Gasteiger partial charge is 0.262 e. The molecule has 0 saturated carbocycles. The molecule has 4 rings (SSSR count). The first-order valence-electron chi connectivity index (χ1n) is 8.46. The largest absolute Gasteiger partial charge is 0.276 e. The van der Waals surface area contributed by atoms with Crippen molar-refractivity contribution in [3.8, 4) is 0 Å². The van der Waals surface area contributed by atoms with E-state index in [9.17, 15) is 4.79 Å². The van der Waals surface area contributed by atoms with Crippen LogP contribution in [-0.4, -0.2) is 5.91 Å². The fraction of sp³-hybridized carbons (Fsp3) is 0. The molecule has 3 aromatic rings. The molecule has 0 N–H and O–H groups in total.